The highest BCUT2D eigenvalue weighted by molar-refractivity contribution is 5.96. The van der Waals surface area contributed by atoms with Gasteiger partial charge in [-0.25, -0.2) is 0 Å². The Hall–Kier alpha value is -1.31. The molecule has 0 saturated heterocycles. The zero-order valence-corrected chi connectivity index (χ0v) is 8.32. The van der Waals surface area contributed by atoms with Crippen LogP contribution < -0.4 is 4.74 Å². The van der Waals surface area contributed by atoms with Crippen LogP contribution in [-0.2, 0) is 0 Å². The van der Waals surface area contributed by atoms with Crippen molar-refractivity contribution in [3.63, 3.8) is 0 Å². The molecule has 0 heterocycles. The molecule has 0 aliphatic heterocycles. The first-order valence-corrected chi connectivity index (χ1v) is 5.00. The van der Waals surface area contributed by atoms with Gasteiger partial charge in [0.15, 0.2) is 5.78 Å². The van der Waals surface area contributed by atoms with E-state index in [1.165, 1.54) is 12.8 Å². The van der Waals surface area contributed by atoms with Gasteiger partial charge in [0.05, 0.1) is 12.2 Å². The molecule has 0 amide bonds. The van der Waals surface area contributed by atoms with Crippen molar-refractivity contribution in [3.05, 3.63) is 29.8 Å². The standard InChI is InChI=1S/C12H14O2/c1-9(13)11-4-2-3-5-12(11)14-8-10-6-7-10/h2-5,10H,6-8H2,1H3. The summed E-state index contributed by atoms with van der Waals surface area (Å²) in [6, 6.07) is 7.43. The number of carbonyl (C=O) groups is 1. The predicted molar refractivity (Wildman–Crippen MR) is 54.7 cm³/mol. The Kier molecular flexibility index (Phi) is 2.53. The second kappa shape index (κ2) is 3.82. The maximum atomic E-state index is 11.2. The van der Waals surface area contributed by atoms with Crippen LogP contribution in [0.25, 0.3) is 0 Å². The van der Waals surface area contributed by atoms with Gasteiger partial charge in [0.1, 0.15) is 5.75 Å². The fourth-order valence-electron chi connectivity index (χ4n) is 1.38. The molecule has 2 rings (SSSR count). The molecule has 14 heavy (non-hydrogen) atoms. The van der Waals surface area contributed by atoms with Gasteiger partial charge in [-0.15, -0.1) is 0 Å². The van der Waals surface area contributed by atoms with Gasteiger partial charge >= 0.3 is 0 Å². The van der Waals surface area contributed by atoms with Crippen LogP contribution in [0.1, 0.15) is 30.1 Å². The van der Waals surface area contributed by atoms with Crippen molar-refractivity contribution < 1.29 is 9.53 Å². The van der Waals surface area contributed by atoms with Gasteiger partial charge in [0.25, 0.3) is 0 Å². The minimum atomic E-state index is 0.0661. The van der Waals surface area contributed by atoms with Crippen molar-refractivity contribution in [1.82, 2.24) is 0 Å². The highest BCUT2D eigenvalue weighted by Crippen LogP contribution is 2.30. The first-order valence-electron chi connectivity index (χ1n) is 5.00. The molecule has 1 fully saturated rings. The Balaban J connectivity index is 2.09. The zero-order valence-electron chi connectivity index (χ0n) is 8.32. The van der Waals surface area contributed by atoms with Crippen molar-refractivity contribution >= 4 is 5.78 Å². The number of para-hydroxylation sites is 1. The van der Waals surface area contributed by atoms with Crippen LogP contribution in [-0.4, -0.2) is 12.4 Å². The Morgan fingerprint density at radius 2 is 2.14 bits per heavy atom. The summed E-state index contributed by atoms with van der Waals surface area (Å²) in [4.78, 5) is 11.2. The number of ether oxygens (including phenoxy) is 1. The van der Waals surface area contributed by atoms with Crippen molar-refractivity contribution in [3.8, 4) is 5.75 Å². The van der Waals surface area contributed by atoms with Crippen molar-refractivity contribution in [2.24, 2.45) is 5.92 Å². The number of Topliss-reactive ketones (excluding diaryl/α,β-unsaturated/α-hetero) is 1. The Morgan fingerprint density at radius 3 is 2.79 bits per heavy atom. The third-order valence-corrected chi connectivity index (χ3v) is 2.44. The number of rotatable bonds is 4. The normalized spacial score (nSPS) is 15.2. The SMILES string of the molecule is CC(=O)c1ccccc1OCC1CC1. The van der Waals surface area contributed by atoms with E-state index in [0.29, 0.717) is 5.56 Å². The van der Waals surface area contributed by atoms with Gasteiger partial charge < -0.3 is 4.74 Å². The fourth-order valence-corrected chi connectivity index (χ4v) is 1.38. The van der Waals surface area contributed by atoms with E-state index in [-0.39, 0.29) is 5.78 Å². The van der Waals surface area contributed by atoms with Crippen LogP contribution >= 0.6 is 0 Å². The van der Waals surface area contributed by atoms with E-state index in [9.17, 15) is 4.79 Å². The van der Waals surface area contributed by atoms with Crippen LogP contribution in [0, 0.1) is 5.92 Å². The molecular weight excluding hydrogens is 176 g/mol. The summed E-state index contributed by atoms with van der Waals surface area (Å²) < 4.78 is 5.60. The molecule has 1 aliphatic carbocycles. The average Bonchev–Trinajstić information content (AvgIpc) is 2.98. The third-order valence-electron chi connectivity index (χ3n) is 2.44. The summed E-state index contributed by atoms with van der Waals surface area (Å²) in [5, 5.41) is 0. The Bertz CT molecular complexity index is 340. The monoisotopic (exact) mass is 190 g/mol. The van der Waals surface area contributed by atoms with E-state index in [1.54, 1.807) is 6.92 Å². The number of benzene rings is 1. The second-order valence-corrected chi connectivity index (χ2v) is 3.81. The average molecular weight is 190 g/mol. The molecule has 1 saturated carbocycles. The molecule has 0 unspecified atom stereocenters. The summed E-state index contributed by atoms with van der Waals surface area (Å²) in [7, 11) is 0. The van der Waals surface area contributed by atoms with Crippen molar-refractivity contribution in [2.75, 3.05) is 6.61 Å². The Morgan fingerprint density at radius 1 is 1.43 bits per heavy atom. The van der Waals surface area contributed by atoms with Gasteiger partial charge in [-0.1, -0.05) is 12.1 Å². The molecule has 0 radical (unpaired) electrons. The molecule has 0 atom stereocenters. The number of hydrogen-bond acceptors (Lipinski definition) is 2. The van der Waals surface area contributed by atoms with E-state index in [4.69, 9.17) is 4.74 Å². The topological polar surface area (TPSA) is 26.3 Å². The summed E-state index contributed by atoms with van der Waals surface area (Å²) in [5.41, 5.74) is 0.688. The molecule has 0 N–H and O–H groups in total. The lowest BCUT2D eigenvalue weighted by Crippen LogP contribution is -2.03. The Labute approximate surface area is 83.9 Å². The van der Waals surface area contributed by atoms with E-state index in [1.807, 2.05) is 24.3 Å². The molecule has 74 valence electrons. The van der Waals surface area contributed by atoms with Gasteiger partial charge in [-0.3, -0.25) is 4.79 Å². The van der Waals surface area contributed by atoms with Crippen LogP contribution in [0.15, 0.2) is 24.3 Å². The lowest BCUT2D eigenvalue weighted by atomic mass is 10.1. The van der Waals surface area contributed by atoms with Gasteiger partial charge in [-0.05, 0) is 37.8 Å². The first kappa shape index (κ1) is 9.25. The number of ketones is 1. The summed E-state index contributed by atoms with van der Waals surface area (Å²) >= 11 is 0. The van der Waals surface area contributed by atoms with E-state index in [0.717, 1.165) is 18.3 Å². The van der Waals surface area contributed by atoms with Crippen LogP contribution in [0.2, 0.25) is 0 Å². The van der Waals surface area contributed by atoms with Crippen LogP contribution in [0.3, 0.4) is 0 Å². The molecule has 2 nitrogen and oxygen atoms in total. The molecule has 1 aromatic rings. The zero-order chi connectivity index (χ0) is 9.97. The largest absolute Gasteiger partial charge is 0.493 e. The minimum Gasteiger partial charge on any atom is -0.493 e. The van der Waals surface area contributed by atoms with Crippen molar-refractivity contribution in [1.29, 1.82) is 0 Å². The minimum absolute atomic E-state index is 0.0661. The van der Waals surface area contributed by atoms with E-state index < -0.39 is 0 Å². The molecule has 2 heteroatoms. The van der Waals surface area contributed by atoms with Crippen molar-refractivity contribution in [2.45, 2.75) is 19.8 Å². The highest BCUT2D eigenvalue weighted by Gasteiger charge is 2.22. The molecule has 0 bridgehead atoms. The first-order chi connectivity index (χ1) is 6.77. The summed E-state index contributed by atoms with van der Waals surface area (Å²) in [6.07, 6.45) is 2.53. The third kappa shape index (κ3) is 2.13. The lowest BCUT2D eigenvalue weighted by molar-refractivity contribution is 0.101. The molecule has 0 aromatic heterocycles. The van der Waals surface area contributed by atoms with Gasteiger partial charge in [0.2, 0.25) is 0 Å². The van der Waals surface area contributed by atoms with Gasteiger partial charge in [-0.2, -0.15) is 0 Å². The van der Waals surface area contributed by atoms with Gasteiger partial charge in [0, 0.05) is 0 Å². The molecule has 1 aromatic carbocycles. The highest BCUT2D eigenvalue weighted by atomic mass is 16.5. The fraction of sp³-hybridized carbons (Fsp3) is 0.417. The molecule has 0 spiro atoms. The van der Waals surface area contributed by atoms with E-state index >= 15 is 0 Å². The van der Waals surface area contributed by atoms with E-state index in [2.05, 4.69) is 0 Å². The maximum Gasteiger partial charge on any atom is 0.163 e. The number of hydrogen-bond donors (Lipinski definition) is 0. The van der Waals surface area contributed by atoms with Crippen LogP contribution in [0.4, 0.5) is 0 Å². The predicted octanol–water partition coefficient (Wildman–Crippen LogP) is 2.68. The number of carbonyl (C=O) groups excluding carboxylic acids is 1. The molecule has 1 aliphatic rings. The smallest absolute Gasteiger partial charge is 0.163 e. The molecular formula is C12H14O2. The second-order valence-electron chi connectivity index (χ2n) is 3.81. The summed E-state index contributed by atoms with van der Waals surface area (Å²) in [5.74, 6) is 1.51. The summed E-state index contributed by atoms with van der Waals surface area (Å²) in [6.45, 7) is 2.32. The maximum absolute atomic E-state index is 11.2. The quantitative estimate of drug-likeness (QED) is 0.682. The lowest BCUT2D eigenvalue weighted by Gasteiger charge is -2.08. The van der Waals surface area contributed by atoms with Crippen LogP contribution in [0.5, 0.6) is 5.75 Å².